The molecule has 102 valence electrons. The van der Waals surface area contributed by atoms with Crippen LogP contribution in [0.15, 0.2) is 21.4 Å². The summed E-state index contributed by atoms with van der Waals surface area (Å²) in [5, 5.41) is 10.6. The summed E-state index contributed by atoms with van der Waals surface area (Å²) in [7, 11) is 0. The molecule has 0 aliphatic heterocycles. The maximum absolute atomic E-state index is 11.3. The fourth-order valence-corrected chi connectivity index (χ4v) is 3.58. The molecule has 1 aliphatic rings. The minimum absolute atomic E-state index is 0.216. The van der Waals surface area contributed by atoms with Gasteiger partial charge in [0.15, 0.2) is 0 Å². The Morgan fingerprint density at radius 2 is 1.79 bits per heavy atom. The second kappa shape index (κ2) is 5.13. The molecule has 1 saturated carbocycles. The van der Waals surface area contributed by atoms with Gasteiger partial charge in [-0.25, -0.2) is 4.79 Å². The van der Waals surface area contributed by atoms with Crippen LogP contribution in [0, 0.1) is 5.92 Å². The molecule has 5 heteroatoms. The van der Waals surface area contributed by atoms with E-state index in [1.165, 1.54) is 19.3 Å². The number of imidazole rings is 1. The molecule has 1 aromatic heterocycles. The number of hydrogen-bond donors (Lipinski definition) is 3. The smallest absolute Gasteiger partial charge is 0.323 e. The van der Waals surface area contributed by atoms with Gasteiger partial charge in [-0.15, -0.1) is 0 Å². The second-order valence-electron chi connectivity index (χ2n) is 5.34. The predicted octanol–water partition coefficient (Wildman–Crippen LogP) is 3.23. The first kappa shape index (κ1) is 12.9. The van der Waals surface area contributed by atoms with E-state index in [2.05, 4.69) is 25.9 Å². The largest absolute Gasteiger partial charge is 0.388 e. The molecule has 0 bridgehead atoms. The number of fused-ring (bicyclic) bond motifs is 1. The number of aromatic amines is 2. The lowest BCUT2D eigenvalue weighted by molar-refractivity contribution is 0.0843. The number of H-pyrrole nitrogens is 2. The maximum Gasteiger partial charge on any atom is 0.323 e. The normalized spacial score (nSPS) is 18.8. The zero-order valence-corrected chi connectivity index (χ0v) is 12.2. The summed E-state index contributed by atoms with van der Waals surface area (Å²) in [6, 6.07) is 3.73. The third-order valence-electron chi connectivity index (χ3n) is 4.05. The Hall–Kier alpha value is -1.07. The van der Waals surface area contributed by atoms with Crippen LogP contribution in [0.1, 0.15) is 43.8 Å². The molecule has 0 saturated heterocycles. The summed E-state index contributed by atoms with van der Waals surface area (Å²) in [6.07, 6.45) is 5.36. The van der Waals surface area contributed by atoms with Crippen molar-refractivity contribution in [1.29, 1.82) is 0 Å². The minimum Gasteiger partial charge on any atom is -0.388 e. The van der Waals surface area contributed by atoms with Gasteiger partial charge in [0.1, 0.15) is 0 Å². The van der Waals surface area contributed by atoms with Crippen LogP contribution in [-0.4, -0.2) is 15.1 Å². The van der Waals surface area contributed by atoms with E-state index < -0.39 is 6.10 Å². The van der Waals surface area contributed by atoms with Gasteiger partial charge in [0.05, 0.1) is 17.1 Å². The zero-order valence-electron chi connectivity index (χ0n) is 10.6. The van der Waals surface area contributed by atoms with Crippen LogP contribution in [0.3, 0.4) is 0 Å². The van der Waals surface area contributed by atoms with E-state index >= 15 is 0 Å². The van der Waals surface area contributed by atoms with Gasteiger partial charge in [-0.1, -0.05) is 35.2 Å². The molecule has 4 nitrogen and oxygen atoms in total. The molecule has 1 heterocycles. The highest BCUT2D eigenvalue weighted by Crippen LogP contribution is 2.37. The molecule has 1 aromatic carbocycles. The van der Waals surface area contributed by atoms with Gasteiger partial charge in [0, 0.05) is 4.47 Å². The van der Waals surface area contributed by atoms with Crippen LogP contribution in [0.2, 0.25) is 0 Å². The van der Waals surface area contributed by atoms with Gasteiger partial charge in [-0.3, -0.25) is 0 Å². The number of benzene rings is 1. The van der Waals surface area contributed by atoms with Crippen LogP contribution in [0.5, 0.6) is 0 Å². The Bertz CT molecular complexity index is 640. The standard InChI is InChI=1S/C14H17BrN2O2/c15-10-7-12-11(16-14(19)17-12)6-9(10)13(18)8-4-2-1-3-5-8/h6-8,13,18H,1-5H2,(H2,16,17,19). The van der Waals surface area contributed by atoms with E-state index in [1.807, 2.05) is 12.1 Å². The van der Waals surface area contributed by atoms with Gasteiger partial charge >= 0.3 is 5.69 Å². The van der Waals surface area contributed by atoms with Crippen molar-refractivity contribution in [2.45, 2.75) is 38.2 Å². The Morgan fingerprint density at radius 1 is 1.16 bits per heavy atom. The highest BCUT2D eigenvalue weighted by atomic mass is 79.9. The Kier molecular flexibility index (Phi) is 3.50. The summed E-state index contributed by atoms with van der Waals surface area (Å²) >= 11 is 3.50. The van der Waals surface area contributed by atoms with Crippen LogP contribution in [0.25, 0.3) is 11.0 Å². The molecule has 0 radical (unpaired) electrons. The molecule has 0 spiro atoms. The molecule has 19 heavy (non-hydrogen) atoms. The molecular weight excluding hydrogens is 308 g/mol. The number of hydrogen-bond acceptors (Lipinski definition) is 2. The molecule has 3 rings (SSSR count). The quantitative estimate of drug-likeness (QED) is 0.793. The van der Waals surface area contributed by atoms with Crippen molar-refractivity contribution >= 4 is 27.0 Å². The second-order valence-corrected chi connectivity index (χ2v) is 6.20. The van der Waals surface area contributed by atoms with Gasteiger partial charge in [-0.05, 0) is 36.5 Å². The lowest BCUT2D eigenvalue weighted by atomic mass is 9.83. The number of aliphatic hydroxyl groups excluding tert-OH is 1. The summed E-state index contributed by atoms with van der Waals surface area (Å²) in [6.45, 7) is 0. The van der Waals surface area contributed by atoms with Crippen LogP contribution in [-0.2, 0) is 0 Å². The van der Waals surface area contributed by atoms with Crippen molar-refractivity contribution in [3.05, 3.63) is 32.7 Å². The SMILES string of the molecule is O=c1[nH]c2cc(Br)c(C(O)C3CCCCC3)cc2[nH]1. The monoisotopic (exact) mass is 324 g/mol. The summed E-state index contributed by atoms with van der Waals surface area (Å²) in [5.74, 6) is 0.327. The summed E-state index contributed by atoms with van der Waals surface area (Å²) in [4.78, 5) is 16.8. The first-order valence-electron chi connectivity index (χ1n) is 6.74. The fraction of sp³-hybridized carbons (Fsp3) is 0.500. The van der Waals surface area contributed by atoms with Gasteiger partial charge < -0.3 is 15.1 Å². The Morgan fingerprint density at radius 3 is 2.47 bits per heavy atom. The Labute approximate surface area is 119 Å². The van der Waals surface area contributed by atoms with Crippen molar-refractivity contribution in [3.63, 3.8) is 0 Å². The summed E-state index contributed by atoms with van der Waals surface area (Å²) < 4.78 is 0.855. The average Bonchev–Trinajstić information content (AvgIpc) is 2.77. The van der Waals surface area contributed by atoms with Crippen molar-refractivity contribution in [3.8, 4) is 0 Å². The molecule has 2 aromatic rings. The molecule has 1 aliphatic carbocycles. The van der Waals surface area contributed by atoms with E-state index in [0.29, 0.717) is 5.92 Å². The average molecular weight is 325 g/mol. The Balaban J connectivity index is 1.98. The lowest BCUT2D eigenvalue weighted by Gasteiger charge is -2.27. The van der Waals surface area contributed by atoms with Crippen LogP contribution in [0.4, 0.5) is 0 Å². The maximum atomic E-state index is 11.3. The van der Waals surface area contributed by atoms with E-state index in [1.54, 1.807) is 0 Å². The van der Waals surface area contributed by atoms with Gasteiger partial charge in [0.2, 0.25) is 0 Å². The van der Waals surface area contributed by atoms with E-state index in [9.17, 15) is 9.90 Å². The lowest BCUT2D eigenvalue weighted by Crippen LogP contribution is -2.16. The first-order valence-corrected chi connectivity index (χ1v) is 7.54. The van der Waals surface area contributed by atoms with E-state index in [4.69, 9.17) is 0 Å². The van der Waals surface area contributed by atoms with Crippen molar-refractivity contribution < 1.29 is 5.11 Å². The number of nitrogens with one attached hydrogen (secondary N) is 2. The van der Waals surface area contributed by atoms with Crippen molar-refractivity contribution in [2.75, 3.05) is 0 Å². The molecule has 1 fully saturated rings. The van der Waals surface area contributed by atoms with Crippen LogP contribution >= 0.6 is 15.9 Å². The molecule has 0 amide bonds. The topological polar surface area (TPSA) is 68.9 Å². The third kappa shape index (κ3) is 2.49. The highest BCUT2D eigenvalue weighted by Gasteiger charge is 2.25. The summed E-state index contributed by atoms with van der Waals surface area (Å²) in [5.41, 5.74) is 2.16. The molecule has 1 unspecified atom stereocenters. The zero-order chi connectivity index (χ0) is 13.4. The van der Waals surface area contributed by atoms with E-state index in [0.717, 1.165) is 33.9 Å². The highest BCUT2D eigenvalue weighted by molar-refractivity contribution is 9.10. The number of aliphatic hydroxyl groups is 1. The van der Waals surface area contributed by atoms with Crippen LogP contribution < -0.4 is 5.69 Å². The predicted molar refractivity (Wildman–Crippen MR) is 78.2 cm³/mol. The molecule has 1 atom stereocenters. The van der Waals surface area contributed by atoms with Gasteiger partial charge in [-0.2, -0.15) is 0 Å². The number of halogens is 1. The third-order valence-corrected chi connectivity index (χ3v) is 4.73. The van der Waals surface area contributed by atoms with Crippen molar-refractivity contribution in [1.82, 2.24) is 9.97 Å². The van der Waals surface area contributed by atoms with Gasteiger partial charge in [0.25, 0.3) is 0 Å². The van der Waals surface area contributed by atoms with E-state index in [-0.39, 0.29) is 5.69 Å². The first-order chi connectivity index (χ1) is 9.15. The fourth-order valence-electron chi connectivity index (χ4n) is 3.00. The molecular formula is C14H17BrN2O2. The minimum atomic E-state index is -0.461. The number of rotatable bonds is 2. The number of aromatic nitrogens is 2. The van der Waals surface area contributed by atoms with Crippen molar-refractivity contribution in [2.24, 2.45) is 5.92 Å². The molecule has 3 N–H and O–H groups in total.